The largest absolute Gasteiger partial charge is 0.366 e. The minimum absolute atomic E-state index is 0.0859. The van der Waals surface area contributed by atoms with E-state index in [1.807, 2.05) is 0 Å². The molecule has 2 rings (SSSR count). The molecule has 4 heteroatoms. The van der Waals surface area contributed by atoms with Gasteiger partial charge in [0.2, 0.25) is 5.91 Å². The van der Waals surface area contributed by atoms with Crippen LogP contribution in [0.2, 0.25) is 0 Å². The van der Waals surface area contributed by atoms with Crippen LogP contribution in [0.15, 0.2) is 24.3 Å². The van der Waals surface area contributed by atoms with Crippen LogP contribution in [0.5, 0.6) is 0 Å². The smallest absolute Gasteiger partial charge is 0.251 e. The van der Waals surface area contributed by atoms with Gasteiger partial charge < -0.3 is 11.1 Å². The van der Waals surface area contributed by atoms with Crippen molar-refractivity contribution < 1.29 is 9.59 Å². The molecule has 0 bridgehead atoms. The summed E-state index contributed by atoms with van der Waals surface area (Å²) in [5.74, 6) is -0.0906. The maximum absolute atomic E-state index is 12.3. The Hall–Kier alpha value is -1.84. The summed E-state index contributed by atoms with van der Waals surface area (Å²) in [7, 11) is 0. The van der Waals surface area contributed by atoms with Gasteiger partial charge in [0.05, 0.1) is 0 Å². The average molecular weight is 274 g/mol. The summed E-state index contributed by atoms with van der Waals surface area (Å²) < 4.78 is 0. The normalized spacial score (nSPS) is 26.0. The SMILES string of the molecule is C[C@@H]1CCCC[C@@]1(C)NC(=O)c1ccc(C(N)=O)cc1. The second kappa shape index (κ2) is 5.65. The van der Waals surface area contributed by atoms with Crippen LogP contribution < -0.4 is 11.1 Å². The molecule has 0 saturated heterocycles. The van der Waals surface area contributed by atoms with Gasteiger partial charge in [0.1, 0.15) is 0 Å². The summed E-state index contributed by atoms with van der Waals surface area (Å²) in [5.41, 5.74) is 6.03. The van der Waals surface area contributed by atoms with E-state index < -0.39 is 5.91 Å². The maximum atomic E-state index is 12.3. The Morgan fingerprint density at radius 2 is 1.80 bits per heavy atom. The second-order valence-corrected chi connectivity index (χ2v) is 5.96. The van der Waals surface area contributed by atoms with Gasteiger partial charge in [-0.2, -0.15) is 0 Å². The first-order chi connectivity index (χ1) is 9.42. The third-order valence-corrected chi connectivity index (χ3v) is 4.50. The summed E-state index contributed by atoms with van der Waals surface area (Å²) in [4.78, 5) is 23.3. The quantitative estimate of drug-likeness (QED) is 0.888. The Labute approximate surface area is 119 Å². The minimum Gasteiger partial charge on any atom is -0.366 e. The van der Waals surface area contributed by atoms with E-state index in [-0.39, 0.29) is 11.4 Å². The van der Waals surface area contributed by atoms with E-state index in [0.717, 1.165) is 19.3 Å². The topological polar surface area (TPSA) is 72.2 Å². The third kappa shape index (κ3) is 3.00. The highest BCUT2D eigenvalue weighted by atomic mass is 16.2. The van der Waals surface area contributed by atoms with Crippen molar-refractivity contribution in [1.82, 2.24) is 5.32 Å². The molecule has 1 aliphatic carbocycles. The van der Waals surface area contributed by atoms with Gasteiger partial charge >= 0.3 is 0 Å². The molecule has 1 fully saturated rings. The summed E-state index contributed by atoms with van der Waals surface area (Å²) >= 11 is 0. The summed E-state index contributed by atoms with van der Waals surface area (Å²) in [5, 5.41) is 3.15. The molecule has 1 aromatic rings. The Bertz CT molecular complexity index is 510. The first kappa shape index (κ1) is 14.6. The lowest BCUT2D eigenvalue weighted by Gasteiger charge is -2.40. The minimum atomic E-state index is -0.482. The van der Waals surface area contributed by atoms with Crippen LogP contribution in [0.25, 0.3) is 0 Å². The molecular formula is C16H22N2O2. The number of hydrogen-bond donors (Lipinski definition) is 2. The van der Waals surface area contributed by atoms with Crippen LogP contribution in [0.4, 0.5) is 0 Å². The molecule has 0 heterocycles. The van der Waals surface area contributed by atoms with Gasteiger partial charge in [-0.1, -0.05) is 19.8 Å². The Kier molecular flexibility index (Phi) is 4.12. The Balaban J connectivity index is 2.09. The van der Waals surface area contributed by atoms with Crippen LogP contribution in [0, 0.1) is 5.92 Å². The van der Waals surface area contributed by atoms with E-state index in [4.69, 9.17) is 5.73 Å². The molecule has 1 saturated carbocycles. The fourth-order valence-electron chi connectivity index (χ4n) is 2.81. The predicted molar refractivity (Wildman–Crippen MR) is 78.5 cm³/mol. The molecule has 0 unspecified atom stereocenters. The van der Waals surface area contributed by atoms with Crippen molar-refractivity contribution in [2.45, 2.75) is 45.1 Å². The number of amides is 2. The first-order valence-electron chi connectivity index (χ1n) is 7.15. The Morgan fingerprint density at radius 3 is 2.35 bits per heavy atom. The van der Waals surface area contributed by atoms with Crippen LogP contribution >= 0.6 is 0 Å². The van der Waals surface area contributed by atoms with Gasteiger partial charge in [-0.05, 0) is 49.9 Å². The van der Waals surface area contributed by atoms with E-state index in [9.17, 15) is 9.59 Å². The second-order valence-electron chi connectivity index (χ2n) is 5.96. The zero-order valence-electron chi connectivity index (χ0n) is 12.1. The van der Waals surface area contributed by atoms with Gasteiger partial charge in [0, 0.05) is 16.7 Å². The molecule has 108 valence electrons. The van der Waals surface area contributed by atoms with Gasteiger partial charge in [-0.25, -0.2) is 0 Å². The number of benzene rings is 1. The molecule has 2 amide bonds. The highest BCUT2D eigenvalue weighted by Crippen LogP contribution is 2.33. The highest BCUT2D eigenvalue weighted by molar-refractivity contribution is 5.97. The van der Waals surface area contributed by atoms with Crippen molar-refractivity contribution in [3.8, 4) is 0 Å². The zero-order valence-corrected chi connectivity index (χ0v) is 12.1. The van der Waals surface area contributed by atoms with Gasteiger partial charge in [-0.15, -0.1) is 0 Å². The van der Waals surface area contributed by atoms with E-state index in [2.05, 4.69) is 19.2 Å². The van der Waals surface area contributed by atoms with E-state index in [0.29, 0.717) is 17.0 Å². The summed E-state index contributed by atoms with van der Waals surface area (Å²) in [6.45, 7) is 4.31. The number of rotatable bonds is 3. The van der Waals surface area contributed by atoms with Crippen molar-refractivity contribution in [3.63, 3.8) is 0 Å². The standard InChI is InChI=1S/C16H22N2O2/c1-11-5-3-4-10-16(11,2)18-15(20)13-8-6-12(7-9-13)14(17)19/h6-9,11H,3-5,10H2,1-2H3,(H2,17,19)(H,18,20)/t11-,16-/m1/s1. The number of nitrogens with two attached hydrogens (primary N) is 1. The van der Waals surface area contributed by atoms with Crippen molar-refractivity contribution >= 4 is 11.8 Å². The van der Waals surface area contributed by atoms with E-state index in [1.54, 1.807) is 24.3 Å². The third-order valence-electron chi connectivity index (χ3n) is 4.50. The van der Waals surface area contributed by atoms with Gasteiger partial charge in [-0.3, -0.25) is 9.59 Å². The van der Waals surface area contributed by atoms with Crippen LogP contribution in [0.1, 0.15) is 60.2 Å². The maximum Gasteiger partial charge on any atom is 0.251 e. The average Bonchev–Trinajstić information content (AvgIpc) is 2.42. The fraction of sp³-hybridized carbons (Fsp3) is 0.500. The number of carbonyl (C=O) groups excluding carboxylic acids is 2. The van der Waals surface area contributed by atoms with E-state index >= 15 is 0 Å². The van der Waals surface area contributed by atoms with Crippen LogP contribution in [-0.4, -0.2) is 17.4 Å². The lowest BCUT2D eigenvalue weighted by molar-refractivity contribution is 0.0828. The molecular weight excluding hydrogens is 252 g/mol. The molecule has 1 aliphatic rings. The highest BCUT2D eigenvalue weighted by Gasteiger charge is 2.34. The number of hydrogen-bond acceptors (Lipinski definition) is 2. The lowest BCUT2D eigenvalue weighted by atomic mass is 9.75. The van der Waals surface area contributed by atoms with E-state index in [1.165, 1.54) is 6.42 Å². The summed E-state index contributed by atoms with van der Waals surface area (Å²) in [6.07, 6.45) is 4.55. The number of carbonyl (C=O) groups is 2. The lowest BCUT2D eigenvalue weighted by Crippen LogP contribution is -2.52. The fourth-order valence-corrected chi connectivity index (χ4v) is 2.81. The first-order valence-corrected chi connectivity index (χ1v) is 7.15. The predicted octanol–water partition coefficient (Wildman–Crippen LogP) is 2.48. The molecule has 0 aliphatic heterocycles. The summed E-state index contributed by atoms with van der Waals surface area (Å²) in [6, 6.07) is 6.46. The molecule has 0 aromatic heterocycles. The van der Waals surface area contributed by atoms with Crippen LogP contribution in [-0.2, 0) is 0 Å². The molecule has 1 aromatic carbocycles. The molecule has 2 atom stereocenters. The Morgan fingerprint density at radius 1 is 1.20 bits per heavy atom. The number of nitrogens with one attached hydrogen (secondary N) is 1. The monoisotopic (exact) mass is 274 g/mol. The van der Waals surface area contributed by atoms with Gasteiger partial charge in [0.15, 0.2) is 0 Å². The van der Waals surface area contributed by atoms with Crippen molar-refractivity contribution in [3.05, 3.63) is 35.4 Å². The van der Waals surface area contributed by atoms with Crippen molar-refractivity contribution in [1.29, 1.82) is 0 Å². The molecule has 4 nitrogen and oxygen atoms in total. The molecule has 3 N–H and O–H groups in total. The molecule has 20 heavy (non-hydrogen) atoms. The molecule has 0 spiro atoms. The number of primary amides is 1. The van der Waals surface area contributed by atoms with Gasteiger partial charge in [0.25, 0.3) is 5.91 Å². The van der Waals surface area contributed by atoms with Crippen molar-refractivity contribution in [2.24, 2.45) is 11.7 Å². The van der Waals surface area contributed by atoms with Crippen LogP contribution in [0.3, 0.4) is 0 Å². The molecule has 0 radical (unpaired) electrons. The zero-order chi connectivity index (χ0) is 14.8. The van der Waals surface area contributed by atoms with Crippen molar-refractivity contribution in [2.75, 3.05) is 0 Å².